The molecule has 31 heavy (non-hydrogen) atoms. The summed E-state index contributed by atoms with van der Waals surface area (Å²) in [6, 6.07) is -0.916. The molecule has 2 amide bonds. The number of rotatable bonds is 6. The molecule has 2 unspecified atom stereocenters. The molecule has 160 valence electrons. The van der Waals surface area contributed by atoms with Gasteiger partial charge in [0.25, 0.3) is 11.8 Å². The standard InChI is InChI=1S/C17H19N5O6S2.Na/c1-27-21-10(8-6-30-17(18)19-8)13(23)20-11-14(24)22-12(16(25)26)7(5-29-15(11)22)9-3-2-4-28-9;/h6,9,11,15H,2-5H2,1H3,(H2,18,19)(H,20,23)(H,25,26);/q;+1/p-1/b21-10-;/t9?,11-,15?;/m1./s1. The quantitative estimate of drug-likeness (QED) is 0.179. The van der Waals surface area contributed by atoms with Gasteiger partial charge in [0, 0.05) is 17.7 Å². The summed E-state index contributed by atoms with van der Waals surface area (Å²) in [6.07, 6.45) is 1.20. The van der Waals surface area contributed by atoms with E-state index < -0.39 is 29.2 Å². The summed E-state index contributed by atoms with van der Waals surface area (Å²) < 4.78 is 5.60. The Morgan fingerprint density at radius 1 is 1.48 bits per heavy atom. The molecule has 0 radical (unpaired) electrons. The van der Waals surface area contributed by atoms with E-state index in [-0.39, 0.29) is 57.9 Å². The van der Waals surface area contributed by atoms with Gasteiger partial charge in [-0.15, -0.1) is 23.1 Å². The fraction of sp³-hybridized carbons (Fsp3) is 0.471. The number of aliphatic carboxylic acids is 1. The van der Waals surface area contributed by atoms with Crippen molar-refractivity contribution in [2.45, 2.75) is 30.4 Å². The van der Waals surface area contributed by atoms with Crippen LogP contribution in [-0.2, 0) is 24.0 Å². The van der Waals surface area contributed by atoms with E-state index in [0.29, 0.717) is 24.4 Å². The average molecular weight is 475 g/mol. The first kappa shape index (κ1) is 24.0. The van der Waals surface area contributed by atoms with Crippen molar-refractivity contribution in [3.8, 4) is 0 Å². The van der Waals surface area contributed by atoms with Crippen LogP contribution in [0.4, 0.5) is 5.13 Å². The molecule has 11 nitrogen and oxygen atoms in total. The normalized spacial score (nSPS) is 25.5. The number of nitrogens with two attached hydrogens (primary N) is 1. The summed E-state index contributed by atoms with van der Waals surface area (Å²) >= 11 is 2.49. The van der Waals surface area contributed by atoms with E-state index in [1.165, 1.54) is 23.8 Å². The number of hydrogen-bond donors (Lipinski definition) is 2. The number of thioether (sulfide) groups is 1. The third-order valence-electron chi connectivity index (χ3n) is 4.96. The Kier molecular flexibility index (Phi) is 7.65. The number of fused-ring (bicyclic) bond motifs is 1. The molecule has 2 saturated heterocycles. The van der Waals surface area contributed by atoms with Gasteiger partial charge in [-0.25, -0.2) is 4.98 Å². The zero-order valence-corrected chi connectivity index (χ0v) is 20.5. The summed E-state index contributed by atoms with van der Waals surface area (Å²) in [5.41, 5.74) is 6.09. The predicted molar refractivity (Wildman–Crippen MR) is 106 cm³/mol. The largest absolute Gasteiger partial charge is 1.00 e. The number of amides is 2. The van der Waals surface area contributed by atoms with Crippen LogP contribution < -0.4 is 45.7 Å². The Morgan fingerprint density at radius 3 is 2.84 bits per heavy atom. The molecule has 3 N–H and O–H groups in total. The Bertz CT molecular complexity index is 961. The van der Waals surface area contributed by atoms with Crippen LogP contribution in [-0.4, -0.2) is 70.4 Å². The Balaban J connectivity index is 0.00000272. The first-order chi connectivity index (χ1) is 14.4. The number of β-lactam (4-membered cyclic amide) rings is 1. The van der Waals surface area contributed by atoms with Gasteiger partial charge in [0.15, 0.2) is 10.8 Å². The zero-order chi connectivity index (χ0) is 21.4. The fourth-order valence-corrected chi connectivity index (χ4v) is 5.59. The third kappa shape index (κ3) is 4.47. The van der Waals surface area contributed by atoms with E-state index in [9.17, 15) is 19.5 Å². The number of ether oxygens (including phenoxy) is 1. The number of nitrogens with one attached hydrogen (secondary N) is 1. The number of hydrogen-bond acceptors (Lipinski definition) is 11. The molecule has 0 aromatic carbocycles. The van der Waals surface area contributed by atoms with Gasteiger partial charge in [-0.05, 0) is 18.4 Å². The van der Waals surface area contributed by atoms with E-state index in [1.54, 1.807) is 5.38 Å². The van der Waals surface area contributed by atoms with E-state index in [2.05, 4.69) is 15.5 Å². The molecule has 1 aromatic heterocycles. The van der Waals surface area contributed by atoms with Crippen molar-refractivity contribution >= 4 is 51.7 Å². The summed E-state index contributed by atoms with van der Waals surface area (Å²) in [5, 5.41) is 19.3. The number of nitrogen functional groups attached to an aromatic ring is 1. The van der Waals surface area contributed by atoms with Crippen molar-refractivity contribution in [1.82, 2.24) is 15.2 Å². The van der Waals surface area contributed by atoms with Crippen molar-refractivity contribution in [1.29, 1.82) is 0 Å². The number of carboxylic acids is 1. The summed E-state index contributed by atoms with van der Waals surface area (Å²) in [7, 11) is 1.28. The van der Waals surface area contributed by atoms with Crippen molar-refractivity contribution in [3.05, 3.63) is 22.3 Å². The van der Waals surface area contributed by atoms with Crippen LogP contribution in [0.15, 0.2) is 21.8 Å². The molecule has 4 heterocycles. The Hall–Kier alpha value is -1.64. The average Bonchev–Trinajstić information content (AvgIpc) is 3.40. The molecule has 0 saturated carbocycles. The third-order valence-corrected chi connectivity index (χ3v) is 6.93. The molecule has 2 fully saturated rings. The molecule has 0 bridgehead atoms. The van der Waals surface area contributed by atoms with Gasteiger partial charge in [0.05, 0.1) is 17.8 Å². The van der Waals surface area contributed by atoms with Crippen LogP contribution in [0.1, 0.15) is 18.5 Å². The van der Waals surface area contributed by atoms with E-state index >= 15 is 0 Å². The van der Waals surface area contributed by atoms with Crippen LogP contribution in [0.3, 0.4) is 0 Å². The minimum Gasteiger partial charge on any atom is -0.543 e. The molecule has 0 spiro atoms. The molecule has 14 heteroatoms. The topological polar surface area (TPSA) is 159 Å². The van der Waals surface area contributed by atoms with Gasteiger partial charge in [-0.2, -0.15) is 0 Å². The number of nitrogens with zero attached hydrogens (tertiary/aromatic N) is 3. The fourth-order valence-electron chi connectivity index (χ4n) is 3.63. The minimum atomic E-state index is -1.43. The van der Waals surface area contributed by atoms with Crippen molar-refractivity contribution in [2.75, 3.05) is 25.2 Å². The predicted octanol–water partition coefficient (Wildman–Crippen LogP) is -4.34. The monoisotopic (exact) mass is 475 g/mol. The molecule has 4 rings (SSSR count). The number of aromatic nitrogens is 1. The summed E-state index contributed by atoms with van der Waals surface area (Å²) in [4.78, 5) is 47.2. The molecule has 3 aliphatic rings. The number of carboxylic acid groups (broad SMARTS) is 1. The molecule has 1 aromatic rings. The van der Waals surface area contributed by atoms with Crippen LogP contribution in [0.5, 0.6) is 0 Å². The SMILES string of the molecule is CO/N=C(\C(=O)N[C@@H]1C(=O)N2C(C(=O)[O-])=C(C3CCCO3)CSC12)c1csc(N)n1.[Na+]. The molecule has 3 aliphatic heterocycles. The minimum absolute atomic E-state index is 0. The van der Waals surface area contributed by atoms with Gasteiger partial charge >= 0.3 is 29.6 Å². The van der Waals surface area contributed by atoms with Crippen LogP contribution in [0, 0.1) is 0 Å². The number of anilines is 1. The Labute approximate surface area is 207 Å². The Morgan fingerprint density at radius 2 is 2.26 bits per heavy atom. The maximum atomic E-state index is 12.8. The molecular formula is C17H18N5NaO6S2. The second kappa shape index (κ2) is 9.88. The molecular weight excluding hydrogens is 457 g/mol. The van der Waals surface area contributed by atoms with E-state index in [1.807, 2.05) is 0 Å². The molecule has 3 atom stereocenters. The smallest absolute Gasteiger partial charge is 0.543 e. The number of oxime groups is 1. The number of carbonyl (C=O) groups excluding carboxylic acids is 3. The second-order valence-corrected chi connectivity index (χ2v) is 8.71. The van der Waals surface area contributed by atoms with Crippen molar-refractivity contribution < 1.29 is 58.6 Å². The maximum Gasteiger partial charge on any atom is 1.00 e. The number of carbonyl (C=O) groups is 3. The first-order valence-electron chi connectivity index (χ1n) is 9.06. The maximum absolute atomic E-state index is 12.8. The van der Waals surface area contributed by atoms with Crippen molar-refractivity contribution in [3.63, 3.8) is 0 Å². The zero-order valence-electron chi connectivity index (χ0n) is 16.8. The second-order valence-electron chi connectivity index (χ2n) is 6.72. The van der Waals surface area contributed by atoms with Crippen LogP contribution in [0.2, 0.25) is 0 Å². The summed E-state index contributed by atoms with van der Waals surface area (Å²) in [6.45, 7) is 0.554. The van der Waals surface area contributed by atoms with Crippen LogP contribution in [0.25, 0.3) is 0 Å². The van der Waals surface area contributed by atoms with Gasteiger partial charge < -0.3 is 30.5 Å². The van der Waals surface area contributed by atoms with Crippen molar-refractivity contribution in [2.24, 2.45) is 5.16 Å². The van der Waals surface area contributed by atoms with E-state index in [4.69, 9.17) is 15.3 Å². The van der Waals surface area contributed by atoms with Crippen LogP contribution >= 0.6 is 23.1 Å². The summed E-state index contributed by atoms with van der Waals surface area (Å²) in [5.74, 6) is -2.27. The number of thiazole rings is 1. The van der Waals surface area contributed by atoms with Gasteiger partial charge in [0.1, 0.15) is 24.2 Å². The van der Waals surface area contributed by atoms with Gasteiger partial charge in [-0.1, -0.05) is 5.16 Å². The van der Waals surface area contributed by atoms with E-state index in [0.717, 1.165) is 17.8 Å². The first-order valence-corrected chi connectivity index (χ1v) is 11.0. The molecule has 0 aliphatic carbocycles. The van der Waals surface area contributed by atoms with Gasteiger partial charge in [-0.3, -0.25) is 14.5 Å². The van der Waals surface area contributed by atoms with Gasteiger partial charge in [0.2, 0.25) is 0 Å².